The van der Waals surface area contributed by atoms with Crippen LogP contribution in [0.4, 0.5) is 4.39 Å². The normalized spacial score (nSPS) is 12.5. The molecule has 10 nitrogen and oxygen atoms in total. The fraction of sp³-hybridized carbons (Fsp3) is 0.381. The highest BCUT2D eigenvalue weighted by Gasteiger charge is 2.20. The highest BCUT2D eigenvalue weighted by atomic mass is 19.1. The number of aromatic nitrogens is 7. The van der Waals surface area contributed by atoms with Crippen molar-refractivity contribution < 1.29 is 13.9 Å². The maximum absolute atomic E-state index is 12.9. The Balaban J connectivity index is 1.73. The van der Waals surface area contributed by atoms with Crippen molar-refractivity contribution >= 4 is 16.8 Å². The predicted octanol–water partition coefficient (Wildman–Crippen LogP) is 2.36. The zero-order valence-electron chi connectivity index (χ0n) is 18.4. The Bertz CT molecular complexity index is 1290. The highest BCUT2D eigenvalue weighted by molar-refractivity contribution is 5.99. The molecular formula is C21H25FN8O2. The van der Waals surface area contributed by atoms with E-state index in [1.54, 1.807) is 24.0 Å². The van der Waals surface area contributed by atoms with Crippen molar-refractivity contribution in [2.75, 3.05) is 6.61 Å². The number of alkyl halides is 1. The molecule has 1 unspecified atom stereocenters. The standard InChI is InChI=1S/C21H25FN8O2/c1-12-8-18(30(27-12)6-5-7-32-13(2)22)16-11-28(3)21(26-16)19-14-10-24-29(4)17(14)9-15(25-19)20(23)31/h8-11,13H,5-7H2,1-4H3,(H2,23,31). The van der Waals surface area contributed by atoms with Crippen LogP contribution >= 0.6 is 0 Å². The molecule has 0 radical (unpaired) electrons. The number of amides is 1. The number of nitrogens with zero attached hydrogens (tertiary/aromatic N) is 7. The summed E-state index contributed by atoms with van der Waals surface area (Å²) in [6.45, 7) is 4.12. The van der Waals surface area contributed by atoms with Gasteiger partial charge in [0.15, 0.2) is 12.2 Å². The first-order chi connectivity index (χ1) is 15.2. The summed E-state index contributed by atoms with van der Waals surface area (Å²) in [7, 11) is 3.64. The molecule has 168 valence electrons. The van der Waals surface area contributed by atoms with Gasteiger partial charge in [0.2, 0.25) is 0 Å². The number of pyridine rings is 1. The second kappa shape index (κ2) is 8.50. The lowest BCUT2D eigenvalue weighted by Crippen LogP contribution is -2.14. The minimum atomic E-state index is -1.29. The van der Waals surface area contributed by atoms with Gasteiger partial charge in [-0.25, -0.2) is 14.4 Å². The summed E-state index contributed by atoms with van der Waals surface area (Å²) in [5.74, 6) is -0.0524. The number of rotatable bonds is 8. The molecule has 1 atom stereocenters. The average molecular weight is 440 g/mol. The molecule has 4 heterocycles. The molecule has 0 fully saturated rings. The first-order valence-electron chi connectivity index (χ1n) is 10.2. The molecule has 0 bridgehead atoms. The SMILES string of the molecule is Cc1cc(-c2cn(C)c(-c3nc(C(N)=O)cc4c3cnn4C)n2)n(CCCOC(C)F)n1. The highest BCUT2D eigenvalue weighted by Crippen LogP contribution is 2.29. The zero-order valence-corrected chi connectivity index (χ0v) is 18.4. The van der Waals surface area contributed by atoms with E-state index >= 15 is 0 Å². The van der Waals surface area contributed by atoms with Crippen LogP contribution in [0, 0.1) is 6.92 Å². The number of primary amides is 1. The van der Waals surface area contributed by atoms with Gasteiger partial charge in [-0.3, -0.25) is 14.2 Å². The number of hydrogen-bond donors (Lipinski definition) is 1. The van der Waals surface area contributed by atoms with E-state index in [-0.39, 0.29) is 5.69 Å². The Hall–Kier alpha value is -3.60. The summed E-state index contributed by atoms with van der Waals surface area (Å²) in [6, 6.07) is 3.56. The molecule has 0 saturated carbocycles. The van der Waals surface area contributed by atoms with Crippen LogP contribution in [0.15, 0.2) is 24.5 Å². The number of fused-ring (bicyclic) bond motifs is 1. The molecule has 4 aromatic heterocycles. The van der Waals surface area contributed by atoms with E-state index in [0.29, 0.717) is 36.8 Å². The third kappa shape index (κ3) is 4.11. The number of carbonyl (C=O) groups excluding carboxylic acids is 1. The Kier molecular flexibility index (Phi) is 5.74. The first kappa shape index (κ1) is 21.6. The molecule has 2 N–H and O–H groups in total. The molecule has 0 aliphatic rings. The van der Waals surface area contributed by atoms with Gasteiger partial charge in [0.25, 0.3) is 5.91 Å². The van der Waals surface area contributed by atoms with Gasteiger partial charge in [-0.15, -0.1) is 0 Å². The molecule has 0 saturated heterocycles. The van der Waals surface area contributed by atoms with Gasteiger partial charge in [-0.1, -0.05) is 0 Å². The van der Waals surface area contributed by atoms with Crippen LogP contribution in [0.3, 0.4) is 0 Å². The maximum Gasteiger partial charge on any atom is 0.267 e. The lowest BCUT2D eigenvalue weighted by Gasteiger charge is -2.07. The minimum absolute atomic E-state index is 0.142. The van der Waals surface area contributed by atoms with Gasteiger partial charge in [0.1, 0.15) is 17.1 Å². The third-order valence-electron chi connectivity index (χ3n) is 5.11. The summed E-state index contributed by atoms with van der Waals surface area (Å²) in [4.78, 5) is 21.1. The number of halogens is 1. The van der Waals surface area contributed by atoms with Crippen LogP contribution in [-0.4, -0.2) is 53.0 Å². The van der Waals surface area contributed by atoms with Crippen molar-refractivity contribution in [2.45, 2.75) is 33.2 Å². The molecule has 4 aromatic rings. The van der Waals surface area contributed by atoms with Gasteiger partial charge in [0, 0.05) is 32.2 Å². The van der Waals surface area contributed by atoms with Gasteiger partial charge < -0.3 is 15.0 Å². The smallest absolute Gasteiger partial charge is 0.267 e. The molecule has 1 amide bonds. The van der Waals surface area contributed by atoms with Crippen molar-refractivity contribution in [3.8, 4) is 22.9 Å². The second-order valence-electron chi connectivity index (χ2n) is 7.64. The van der Waals surface area contributed by atoms with Gasteiger partial charge in [-0.2, -0.15) is 10.2 Å². The lowest BCUT2D eigenvalue weighted by atomic mass is 10.2. The molecule has 0 spiro atoms. The number of ether oxygens (including phenoxy) is 1. The summed E-state index contributed by atoms with van der Waals surface area (Å²) in [6.07, 6.45) is 2.89. The molecule has 0 aliphatic heterocycles. The van der Waals surface area contributed by atoms with E-state index in [1.165, 1.54) is 6.92 Å². The Morgan fingerprint density at radius 1 is 1.28 bits per heavy atom. The van der Waals surface area contributed by atoms with E-state index < -0.39 is 12.3 Å². The van der Waals surface area contributed by atoms with Crippen molar-refractivity contribution in [1.82, 2.24) is 34.1 Å². The van der Waals surface area contributed by atoms with Crippen LogP contribution in [0.2, 0.25) is 0 Å². The van der Waals surface area contributed by atoms with E-state index in [0.717, 1.165) is 22.3 Å². The van der Waals surface area contributed by atoms with Crippen LogP contribution < -0.4 is 5.73 Å². The molecule has 0 aromatic carbocycles. The number of nitrogens with two attached hydrogens (primary N) is 1. The van der Waals surface area contributed by atoms with Crippen molar-refractivity contribution in [1.29, 1.82) is 0 Å². The topological polar surface area (TPSA) is 119 Å². The van der Waals surface area contributed by atoms with Crippen LogP contribution in [-0.2, 0) is 25.4 Å². The quantitative estimate of drug-likeness (QED) is 0.420. The fourth-order valence-corrected chi connectivity index (χ4v) is 3.63. The zero-order chi connectivity index (χ0) is 23.0. The number of hydrogen-bond acceptors (Lipinski definition) is 6. The fourth-order valence-electron chi connectivity index (χ4n) is 3.63. The van der Waals surface area contributed by atoms with E-state index in [1.807, 2.05) is 35.5 Å². The largest absolute Gasteiger partial charge is 0.364 e. The second-order valence-corrected chi connectivity index (χ2v) is 7.64. The van der Waals surface area contributed by atoms with Crippen LogP contribution in [0.5, 0.6) is 0 Å². The molecule has 0 aliphatic carbocycles. The van der Waals surface area contributed by atoms with E-state index in [9.17, 15) is 9.18 Å². The molecule has 11 heteroatoms. The van der Waals surface area contributed by atoms with Crippen molar-refractivity contribution in [2.24, 2.45) is 19.8 Å². The summed E-state index contributed by atoms with van der Waals surface area (Å²) in [5.41, 5.74) is 9.26. The monoisotopic (exact) mass is 440 g/mol. The van der Waals surface area contributed by atoms with E-state index in [4.69, 9.17) is 15.5 Å². The summed E-state index contributed by atoms with van der Waals surface area (Å²) in [5, 5.41) is 9.58. The van der Waals surface area contributed by atoms with Gasteiger partial charge in [0.05, 0.1) is 29.7 Å². The summed E-state index contributed by atoms with van der Waals surface area (Å²) < 4.78 is 23.2. The maximum atomic E-state index is 12.9. The number of carbonyl (C=O) groups is 1. The van der Waals surface area contributed by atoms with Crippen LogP contribution in [0.1, 0.15) is 29.5 Å². The Morgan fingerprint density at radius 2 is 2.06 bits per heavy atom. The minimum Gasteiger partial charge on any atom is -0.364 e. The average Bonchev–Trinajstić information content (AvgIpc) is 3.41. The first-order valence-corrected chi connectivity index (χ1v) is 10.2. The number of imidazole rings is 1. The number of aryl methyl sites for hydroxylation is 4. The molecule has 4 rings (SSSR count). The van der Waals surface area contributed by atoms with Crippen molar-refractivity contribution in [3.63, 3.8) is 0 Å². The van der Waals surface area contributed by atoms with Gasteiger partial charge >= 0.3 is 0 Å². The lowest BCUT2D eigenvalue weighted by molar-refractivity contribution is -0.0264. The third-order valence-corrected chi connectivity index (χ3v) is 5.11. The van der Waals surface area contributed by atoms with Gasteiger partial charge in [-0.05, 0) is 32.4 Å². The van der Waals surface area contributed by atoms with E-state index in [2.05, 4.69) is 15.2 Å². The van der Waals surface area contributed by atoms with Crippen molar-refractivity contribution in [3.05, 3.63) is 35.9 Å². The molecule has 32 heavy (non-hydrogen) atoms. The summed E-state index contributed by atoms with van der Waals surface area (Å²) >= 11 is 0. The Morgan fingerprint density at radius 3 is 2.78 bits per heavy atom. The Labute approximate surface area is 183 Å². The molecular weight excluding hydrogens is 415 g/mol. The predicted molar refractivity (Wildman–Crippen MR) is 116 cm³/mol. The van der Waals surface area contributed by atoms with Crippen LogP contribution in [0.25, 0.3) is 33.8 Å².